The first-order valence-corrected chi connectivity index (χ1v) is 16.9. The molecule has 7 heteroatoms. The first kappa shape index (κ1) is 40.3. The minimum absolute atomic E-state index is 0.108. The maximum absolute atomic E-state index is 11.6. The van der Waals surface area contributed by atoms with E-state index in [1.54, 1.807) is 0 Å². The molecule has 0 radical (unpaired) electrons. The second-order valence-electron chi connectivity index (χ2n) is 12.2. The summed E-state index contributed by atoms with van der Waals surface area (Å²) >= 11 is 0. The first-order valence-electron chi connectivity index (χ1n) is 16.9. The van der Waals surface area contributed by atoms with E-state index in [9.17, 15) is 14.7 Å². The number of allylic oxidation sites excluding steroid dienone is 2. The Bertz CT molecular complexity index is 622. The van der Waals surface area contributed by atoms with Crippen molar-refractivity contribution < 1.29 is 24.2 Å². The van der Waals surface area contributed by atoms with Gasteiger partial charge in [0.05, 0.1) is 6.10 Å². The highest BCUT2D eigenvalue weighted by Gasteiger charge is 2.04. The molecule has 7 nitrogen and oxygen atoms in total. The van der Waals surface area contributed by atoms with E-state index in [2.05, 4.69) is 22.0 Å². The van der Waals surface area contributed by atoms with Crippen molar-refractivity contribution in [3.63, 3.8) is 0 Å². The molecule has 0 bridgehead atoms. The number of carbonyl (C=O) groups is 2. The Morgan fingerprint density at radius 1 is 0.548 bits per heavy atom. The van der Waals surface area contributed by atoms with Crippen LogP contribution in [0.5, 0.6) is 0 Å². The van der Waals surface area contributed by atoms with Crippen LogP contribution >= 0.6 is 0 Å². The molecule has 0 aromatic carbocycles. The van der Waals surface area contributed by atoms with Gasteiger partial charge in [-0.3, -0.25) is 9.59 Å². The molecule has 0 spiro atoms. The van der Waals surface area contributed by atoms with Crippen LogP contribution < -0.4 is 0 Å². The zero-order chi connectivity index (χ0) is 31.1. The summed E-state index contributed by atoms with van der Waals surface area (Å²) in [5.41, 5.74) is 0. The maximum Gasteiger partial charge on any atom is 0.306 e. The van der Waals surface area contributed by atoms with Crippen LogP contribution in [0.2, 0.25) is 0 Å². The van der Waals surface area contributed by atoms with E-state index >= 15 is 0 Å². The number of hydrogen-bond acceptors (Lipinski definition) is 7. The number of rotatable bonds is 30. The molecule has 246 valence electrons. The molecule has 0 rings (SSSR count). The van der Waals surface area contributed by atoms with E-state index in [-0.39, 0.29) is 18.0 Å². The molecule has 0 aliphatic rings. The smallest absolute Gasteiger partial charge is 0.306 e. The van der Waals surface area contributed by atoms with Crippen molar-refractivity contribution in [3.05, 3.63) is 24.3 Å². The van der Waals surface area contributed by atoms with Gasteiger partial charge in [0.1, 0.15) is 13.2 Å². The van der Waals surface area contributed by atoms with E-state index in [0.29, 0.717) is 26.1 Å². The van der Waals surface area contributed by atoms with E-state index in [0.717, 1.165) is 64.5 Å². The second-order valence-corrected chi connectivity index (χ2v) is 12.2. The fourth-order valence-electron chi connectivity index (χ4n) is 4.72. The number of nitrogens with zero attached hydrogens (tertiary/aromatic N) is 2. The lowest BCUT2D eigenvalue weighted by Gasteiger charge is -2.10. The number of carbonyl (C=O) groups excluding carboxylic acids is 2. The Morgan fingerprint density at radius 2 is 0.905 bits per heavy atom. The molecule has 0 saturated heterocycles. The maximum atomic E-state index is 11.6. The molecule has 0 aromatic heterocycles. The minimum atomic E-state index is -0.135. The zero-order valence-corrected chi connectivity index (χ0v) is 27.8. The van der Waals surface area contributed by atoms with Crippen LogP contribution in [0.25, 0.3) is 0 Å². The van der Waals surface area contributed by atoms with Gasteiger partial charge in [-0.1, -0.05) is 88.5 Å². The number of hydrogen-bond donors (Lipinski definition) is 1. The Labute approximate surface area is 259 Å². The highest BCUT2D eigenvalue weighted by molar-refractivity contribution is 5.69. The average molecular weight is 595 g/mol. The van der Waals surface area contributed by atoms with E-state index < -0.39 is 0 Å². The van der Waals surface area contributed by atoms with Crippen LogP contribution in [0, 0.1) is 0 Å². The number of ether oxygens (including phenoxy) is 2. The molecule has 0 heterocycles. The third-order valence-electron chi connectivity index (χ3n) is 7.30. The molecule has 0 unspecified atom stereocenters. The molecule has 0 amide bonds. The molecular weight excluding hydrogens is 528 g/mol. The summed E-state index contributed by atoms with van der Waals surface area (Å²) < 4.78 is 10.4. The lowest BCUT2D eigenvalue weighted by atomic mass is 10.0. The van der Waals surface area contributed by atoms with Crippen LogP contribution in [0.15, 0.2) is 24.3 Å². The summed E-state index contributed by atoms with van der Waals surface area (Å²) in [5.74, 6) is -0.217. The molecule has 42 heavy (non-hydrogen) atoms. The van der Waals surface area contributed by atoms with Gasteiger partial charge in [-0.25, -0.2) is 0 Å². The highest BCUT2D eigenvalue weighted by Crippen LogP contribution is 2.15. The third-order valence-corrected chi connectivity index (χ3v) is 7.30. The van der Waals surface area contributed by atoms with E-state index in [1.165, 1.54) is 64.2 Å². The predicted molar refractivity (Wildman–Crippen MR) is 176 cm³/mol. The van der Waals surface area contributed by atoms with Crippen LogP contribution in [0.1, 0.15) is 128 Å². The van der Waals surface area contributed by atoms with Crippen molar-refractivity contribution in [3.8, 4) is 0 Å². The van der Waals surface area contributed by atoms with Gasteiger partial charge in [0.2, 0.25) is 0 Å². The van der Waals surface area contributed by atoms with Crippen molar-refractivity contribution in [2.45, 2.75) is 135 Å². The van der Waals surface area contributed by atoms with Crippen LogP contribution in [0.3, 0.4) is 0 Å². The zero-order valence-electron chi connectivity index (χ0n) is 27.8. The summed E-state index contributed by atoms with van der Waals surface area (Å²) in [5, 5.41) is 10.3. The fourth-order valence-corrected chi connectivity index (χ4v) is 4.72. The van der Waals surface area contributed by atoms with Gasteiger partial charge in [0.15, 0.2) is 0 Å². The van der Waals surface area contributed by atoms with Gasteiger partial charge in [-0.2, -0.15) is 0 Å². The van der Waals surface area contributed by atoms with Gasteiger partial charge in [-0.15, -0.1) is 0 Å². The number of unbranched alkanes of at least 4 members (excludes halogenated alkanes) is 12. The molecule has 0 fully saturated rings. The van der Waals surface area contributed by atoms with E-state index in [4.69, 9.17) is 9.47 Å². The Morgan fingerprint density at radius 3 is 1.29 bits per heavy atom. The SMILES string of the molecule is CN(C)CCCC(=O)OC/C=C\CCCCCCCCC(O)CCCCCCCC/C=C\COC(=O)CCCN(C)C. The van der Waals surface area contributed by atoms with Crippen molar-refractivity contribution in [1.29, 1.82) is 0 Å². The fraction of sp³-hybridized carbons (Fsp3) is 0.829. The minimum Gasteiger partial charge on any atom is -0.461 e. The molecule has 0 aromatic rings. The molecule has 0 atom stereocenters. The molecule has 0 aliphatic carbocycles. The number of aliphatic hydroxyl groups is 1. The van der Waals surface area contributed by atoms with Gasteiger partial charge in [0.25, 0.3) is 0 Å². The van der Waals surface area contributed by atoms with Crippen LogP contribution in [-0.2, 0) is 19.1 Å². The monoisotopic (exact) mass is 594 g/mol. The van der Waals surface area contributed by atoms with Gasteiger partial charge >= 0.3 is 11.9 Å². The van der Waals surface area contributed by atoms with Crippen LogP contribution in [-0.4, -0.2) is 87.4 Å². The lowest BCUT2D eigenvalue weighted by molar-refractivity contribution is -0.143. The second kappa shape index (κ2) is 30.7. The van der Waals surface area contributed by atoms with E-state index in [1.807, 2.05) is 40.3 Å². The van der Waals surface area contributed by atoms with Gasteiger partial charge < -0.3 is 24.4 Å². The Hall–Kier alpha value is -1.70. The molecule has 1 N–H and O–H groups in total. The first-order chi connectivity index (χ1) is 20.3. The Balaban J connectivity index is 3.36. The molecular formula is C35H66N2O5. The number of esters is 2. The largest absolute Gasteiger partial charge is 0.461 e. The van der Waals surface area contributed by atoms with Crippen molar-refractivity contribution in [1.82, 2.24) is 9.80 Å². The van der Waals surface area contributed by atoms with Crippen molar-refractivity contribution >= 4 is 11.9 Å². The summed E-state index contributed by atoms with van der Waals surface area (Å²) in [6, 6.07) is 0. The molecule has 0 saturated carbocycles. The summed E-state index contributed by atoms with van der Waals surface area (Å²) in [6.07, 6.45) is 29.2. The summed E-state index contributed by atoms with van der Waals surface area (Å²) in [7, 11) is 8.03. The van der Waals surface area contributed by atoms with Crippen LogP contribution in [0.4, 0.5) is 0 Å². The Kier molecular flexibility index (Phi) is 29.5. The topological polar surface area (TPSA) is 79.3 Å². The summed E-state index contributed by atoms with van der Waals surface area (Å²) in [6.45, 7) is 2.60. The molecule has 0 aliphatic heterocycles. The average Bonchev–Trinajstić information content (AvgIpc) is 2.93. The standard InChI is InChI=1S/C35H66N2O5/c1-36(2)29-23-27-34(39)41-31-21-17-13-9-5-7-11-15-19-25-33(38)26-20-16-12-8-6-10-14-18-22-32-42-35(40)28-24-30-37(3)4/h17-18,21-22,33,38H,5-16,19-20,23-32H2,1-4H3/b21-17-,22-18-. The van der Waals surface area contributed by atoms with Gasteiger partial charge in [0, 0.05) is 12.8 Å². The number of aliphatic hydroxyl groups excluding tert-OH is 1. The predicted octanol–water partition coefficient (Wildman–Crippen LogP) is 7.47. The third kappa shape index (κ3) is 32.8. The lowest BCUT2D eigenvalue weighted by Crippen LogP contribution is -2.15. The summed E-state index contributed by atoms with van der Waals surface area (Å²) in [4.78, 5) is 27.4. The van der Waals surface area contributed by atoms with Crippen molar-refractivity contribution in [2.24, 2.45) is 0 Å². The van der Waals surface area contributed by atoms with Crippen molar-refractivity contribution in [2.75, 3.05) is 54.5 Å². The normalized spacial score (nSPS) is 12.0. The quantitative estimate of drug-likeness (QED) is 0.0525. The highest BCUT2D eigenvalue weighted by atomic mass is 16.5. The van der Waals surface area contributed by atoms with Gasteiger partial charge in [-0.05, 0) is 92.6 Å².